The minimum absolute atomic E-state index is 0.0616. The van der Waals surface area contributed by atoms with Crippen LogP contribution in [0, 0.1) is 5.92 Å². The van der Waals surface area contributed by atoms with Crippen LogP contribution in [0.2, 0.25) is 0 Å². The molecule has 0 bridgehead atoms. The highest BCUT2D eigenvalue weighted by Crippen LogP contribution is 2.37. The Morgan fingerprint density at radius 1 is 1.39 bits per heavy atom. The van der Waals surface area contributed by atoms with Crippen molar-refractivity contribution in [2.24, 2.45) is 5.92 Å². The van der Waals surface area contributed by atoms with E-state index in [9.17, 15) is 15.0 Å². The number of carboxylic acid groups (broad SMARTS) is 1. The zero-order chi connectivity index (χ0) is 16.9. The van der Waals surface area contributed by atoms with Gasteiger partial charge < -0.3 is 20.0 Å². The van der Waals surface area contributed by atoms with Crippen LogP contribution in [-0.4, -0.2) is 51.4 Å². The Morgan fingerprint density at radius 2 is 2.09 bits per heavy atom. The maximum atomic E-state index is 11.3. The third-order valence-electron chi connectivity index (χ3n) is 5.35. The lowest BCUT2D eigenvalue weighted by Gasteiger charge is -2.42. The van der Waals surface area contributed by atoms with Crippen molar-refractivity contribution >= 4 is 11.9 Å². The number of amides is 1. The van der Waals surface area contributed by atoms with Crippen molar-refractivity contribution in [3.63, 3.8) is 0 Å². The van der Waals surface area contributed by atoms with Crippen molar-refractivity contribution in [3.8, 4) is 0 Å². The Morgan fingerprint density at radius 3 is 2.70 bits per heavy atom. The van der Waals surface area contributed by atoms with Crippen LogP contribution in [0.4, 0.5) is 10.6 Å². The van der Waals surface area contributed by atoms with E-state index in [4.69, 9.17) is 4.98 Å². The van der Waals surface area contributed by atoms with Gasteiger partial charge in [-0.2, -0.15) is 0 Å². The topological polar surface area (TPSA) is 76.9 Å². The minimum atomic E-state index is -0.973. The third kappa shape index (κ3) is 2.55. The fourth-order valence-electron chi connectivity index (χ4n) is 3.58. The molecule has 2 aliphatic heterocycles. The van der Waals surface area contributed by atoms with Gasteiger partial charge in [-0.05, 0) is 37.8 Å². The standard InChI is InChI=1S/C17H25N3O3/c1-10(2)17(4,23)14-6-5-12-7-13-9-19(16(21)22)8-11(3)20(13)15(12)18-14/h5-6,10-11,13,23H,7-9H2,1-4H3,(H,21,22)/t11-,13-,17?/m1/s1. The van der Waals surface area contributed by atoms with Crippen molar-refractivity contribution in [2.75, 3.05) is 18.0 Å². The number of aromatic nitrogens is 1. The predicted octanol–water partition coefficient (Wildman–Crippen LogP) is 2.06. The Labute approximate surface area is 136 Å². The van der Waals surface area contributed by atoms with Crippen molar-refractivity contribution in [3.05, 3.63) is 23.4 Å². The van der Waals surface area contributed by atoms with Gasteiger partial charge in [0.05, 0.1) is 11.7 Å². The summed E-state index contributed by atoms with van der Waals surface area (Å²) in [5.74, 6) is 0.970. The molecule has 1 aromatic rings. The van der Waals surface area contributed by atoms with E-state index in [-0.39, 0.29) is 18.0 Å². The minimum Gasteiger partial charge on any atom is -0.465 e. The monoisotopic (exact) mass is 319 g/mol. The molecule has 126 valence electrons. The van der Waals surface area contributed by atoms with Gasteiger partial charge in [-0.1, -0.05) is 19.9 Å². The van der Waals surface area contributed by atoms with Gasteiger partial charge in [-0.3, -0.25) is 0 Å². The second-order valence-electron chi connectivity index (χ2n) is 7.28. The molecule has 0 spiro atoms. The van der Waals surface area contributed by atoms with Crippen LogP contribution in [-0.2, 0) is 12.0 Å². The molecule has 0 radical (unpaired) electrons. The fraction of sp³-hybridized carbons (Fsp3) is 0.647. The molecular formula is C17H25N3O3. The molecule has 1 unspecified atom stereocenters. The van der Waals surface area contributed by atoms with Crippen molar-refractivity contribution < 1.29 is 15.0 Å². The number of nitrogens with zero attached hydrogens (tertiary/aromatic N) is 3. The molecular weight excluding hydrogens is 294 g/mol. The van der Waals surface area contributed by atoms with E-state index in [1.807, 2.05) is 32.9 Å². The number of hydrogen-bond acceptors (Lipinski definition) is 4. The number of carbonyl (C=O) groups is 1. The summed E-state index contributed by atoms with van der Waals surface area (Å²) in [5.41, 5.74) is 0.844. The third-order valence-corrected chi connectivity index (χ3v) is 5.35. The normalized spacial score (nSPS) is 26.0. The quantitative estimate of drug-likeness (QED) is 0.872. The van der Waals surface area contributed by atoms with Gasteiger partial charge in [0.15, 0.2) is 0 Å². The highest BCUT2D eigenvalue weighted by atomic mass is 16.4. The summed E-state index contributed by atoms with van der Waals surface area (Å²) in [6.07, 6.45) is -0.0514. The van der Waals surface area contributed by atoms with E-state index in [0.29, 0.717) is 18.8 Å². The largest absolute Gasteiger partial charge is 0.465 e. The Balaban J connectivity index is 1.94. The van der Waals surface area contributed by atoms with Gasteiger partial charge in [0.25, 0.3) is 0 Å². The first-order chi connectivity index (χ1) is 10.7. The lowest BCUT2D eigenvalue weighted by Crippen LogP contribution is -2.58. The molecule has 3 heterocycles. The number of pyridine rings is 1. The van der Waals surface area contributed by atoms with E-state index >= 15 is 0 Å². The molecule has 1 fully saturated rings. The van der Waals surface area contributed by atoms with Crippen molar-refractivity contribution in [1.82, 2.24) is 9.88 Å². The summed E-state index contributed by atoms with van der Waals surface area (Å²) in [6.45, 7) is 8.78. The first kappa shape index (κ1) is 16.1. The second-order valence-corrected chi connectivity index (χ2v) is 7.28. The lowest BCUT2D eigenvalue weighted by atomic mass is 9.88. The van der Waals surface area contributed by atoms with Crippen LogP contribution < -0.4 is 4.90 Å². The summed E-state index contributed by atoms with van der Waals surface area (Å²) in [6, 6.07) is 4.15. The molecule has 0 saturated carbocycles. The Bertz CT molecular complexity index is 630. The highest BCUT2D eigenvalue weighted by molar-refractivity contribution is 5.67. The zero-order valence-electron chi connectivity index (χ0n) is 14.2. The summed E-state index contributed by atoms with van der Waals surface area (Å²) in [5, 5.41) is 20.0. The molecule has 1 aromatic heterocycles. The number of hydrogen-bond donors (Lipinski definition) is 2. The van der Waals surface area contributed by atoms with Gasteiger partial charge in [-0.15, -0.1) is 0 Å². The fourth-order valence-corrected chi connectivity index (χ4v) is 3.58. The molecule has 2 aliphatic rings. The molecule has 3 atom stereocenters. The summed E-state index contributed by atoms with van der Waals surface area (Å²) in [7, 11) is 0. The average Bonchev–Trinajstić information content (AvgIpc) is 2.84. The molecule has 0 aliphatic carbocycles. The molecule has 1 saturated heterocycles. The summed E-state index contributed by atoms with van der Waals surface area (Å²) < 4.78 is 0. The smallest absolute Gasteiger partial charge is 0.407 e. The van der Waals surface area contributed by atoms with E-state index in [0.717, 1.165) is 17.8 Å². The number of aliphatic hydroxyl groups is 1. The molecule has 1 amide bonds. The highest BCUT2D eigenvalue weighted by Gasteiger charge is 2.41. The molecule has 3 rings (SSSR count). The van der Waals surface area contributed by atoms with Crippen LogP contribution in [0.3, 0.4) is 0 Å². The average molecular weight is 319 g/mol. The maximum Gasteiger partial charge on any atom is 0.407 e. The van der Waals surface area contributed by atoms with E-state index in [1.165, 1.54) is 4.90 Å². The maximum absolute atomic E-state index is 11.3. The van der Waals surface area contributed by atoms with Crippen LogP contribution >= 0.6 is 0 Å². The zero-order valence-corrected chi connectivity index (χ0v) is 14.2. The number of fused-ring (bicyclic) bond motifs is 3. The molecule has 6 heteroatoms. The number of rotatable bonds is 2. The first-order valence-corrected chi connectivity index (χ1v) is 8.20. The molecule has 2 N–H and O–H groups in total. The summed E-state index contributed by atoms with van der Waals surface area (Å²) >= 11 is 0. The van der Waals surface area contributed by atoms with Crippen LogP contribution in [0.15, 0.2) is 12.1 Å². The van der Waals surface area contributed by atoms with E-state index in [2.05, 4.69) is 4.90 Å². The van der Waals surface area contributed by atoms with Crippen LogP contribution in [0.5, 0.6) is 0 Å². The van der Waals surface area contributed by atoms with E-state index < -0.39 is 11.7 Å². The van der Waals surface area contributed by atoms with Gasteiger partial charge in [0.2, 0.25) is 0 Å². The van der Waals surface area contributed by atoms with Gasteiger partial charge >= 0.3 is 6.09 Å². The van der Waals surface area contributed by atoms with E-state index in [1.54, 1.807) is 6.92 Å². The van der Waals surface area contributed by atoms with Gasteiger partial charge in [-0.25, -0.2) is 9.78 Å². The molecule has 23 heavy (non-hydrogen) atoms. The van der Waals surface area contributed by atoms with Crippen LogP contribution in [0.25, 0.3) is 0 Å². The molecule has 6 nitrogen and oxygen atoms in total. The second kappa shape index (κ2) is 5.37. The number of anilines is 1. The Hall–Kier alpha value is -1.82. The van der Waals surface area contributed by atoms with Crippen molar-refractivity contribution in [2.45, 2.75) is 51.8 Å². The number of piperazine rings is 1. The Kier molecular flexibility index (Phi) is 3.75. The van der Waals surface area contributed by atoms with Gasteiger partial charge in [0.1, 0.15) is 11.4 Å². The first-order valence-electron chi connectivity index (χ1n) is 8.20. The lowest BCUT2D eigenvalue weighted by molar-refractivity contribution is 0.00494. The van der Waals surface area contributed by atoms with Gasteiger partial charge in [0, 0.05) is 19.1 Å². The predicted molar refractivity (Wildman–Crippen MR) is 87.7 cm³/mol. The molecule has 0 aromatic carbocycles. The summed E-state index contributed by atoms with van der Waals surface area (Å²) in [4.78, 5) is 19.8. The van der Waals surface area contributed by atoms with Crippen LogP contribution in [0.1, 0.15) is 39.0 Å². The SMILES string of the molecule is CC(C)C(C)(O)c1ccc2c(n1)N1[C@H](C2)CN(C(=O)O)C[C@H]1C. The van der Waals surface area contributed by atoms with Crippen molar-refractivity contribution in [1.29, 1.82) is 0 Å².